The summed E-state index contributed by atoms with van der Waals surface area (Å²) in [7, 11) is 0. The maximum Gasteiger partial charge on any atom is 0.0642 e. The van der Waals surface area contributed by atoms with E-state index < -0.39 is 0 Å². The summed E-state index contributed by atoms with van der Waals surface area (Å²) < 4.78 is 5.34. The van der Waals surface area contributed by atoms with Crippen molar-refractivity contribution in [3.63, 3.8) is 0 Å². The molecule has 0 unspecified atom stereocenters. The lowest BCUT2D eigenvalue weighted by Crippen LogP contribution is -2.31. The summed E-state index contributed by atoms with van der Waals surface area (Å²) in [6, 6.07) is 19.1. The molecule has 2 aromatic carbocycles. The molecule has 1 heterocycles. The Morgan fingerprint density at radius 1 is 0.800 bits per heavy atom. The Bertz CT molecular complexity index is 554. The van der Waals surface area contributed by atoms with Crippen molar-refractivity contribution in [2.45, 2.75) is 0 Å². The summed E-state index contributed by atoms with van der Waals surface area (Å²) in [5.74, 6) is 0. The molecule has 3 rings (SSSR count). The predicted octanol–water partition coefficient (Wildman–Crippen LogP) is 3.66. The van der Waals surface area contributed by atoms with E-state index in [1.807, 2.05) is 6.07 Å². The Balaban J connectivity index is 1.68. The zero-order valence-corrected chi connectivity index (χ0v) is 11.5. The van der Waals surface area contributed by atoms with Gasteiger partial charge in [-0.05, 0) is 29.0 Å². The molecule has 2 nitrogen and oxygen atoms in total. The molecule has 1 fully saturated rings. The first-order valence-corrected chi connectivity index (χ1v) is 7.07. The maximum absolute atomic E-state index is 5.34. The Morgan fingerprint density at radius 3 is 2.15 bits per heavy atom. The van der Waals surface area contributed by atoms with E-state index in [1.54, 1.807) is 0 Å². The van der Waals surface area contributed by atoms with E-state index in [1.165, 1.54) is 16.7 Å². The van der Waals surface area contributed by atoms with Crippen LogP contribution < -0.4 is 0 Å². The van der Waals surface area contributed by atoms with Crippen LogP contribution >= 0.6 is 0 Å². The molecule has 0 bridgehead atoms. The topological polar surface area (TPSA) is 12.5 Å². The van der Waals surface area contributed by atoms with Gasteiger partial charge in [0.15, 0.2) is 0 Å². The first-order chi connectivity index (χ1) is 9.92. The Kier molecular flexibility index (Phi) is 4.14. The molecule has 2 heteroatoms. The molecule has 20 heavy (non-hydrogen) atoms. The maximum atomic E-state index is 5.34. The van der Waals surface area contributed by atoms with Crippen molar-refractivity contribution in [2.75, 3.05) is 26.3 Å². The van der Waals surface area contributed by atoms with Gasteiger partial charge >= 0.3 is 0 Å². The van der Waals surface area contributed by atoms with Crippen molar-refractivity contribution in [2.24, 2.45) is 0 Å². The molecule has 102 valence electrons. The smallest absolute Gasteiger partial charge is 0.0642 e. The minimum Gasteiger partial charge on any atom is -0.378 e. The van der Waals surface area contributed by atoms with E-state index in [9.17, 15) is 0 Å². The average molecular weight is 265 g/mol. The molecule has 1 aliphatic heterocycles. The minimum atomic E-state index is 0.831. The lowest BCUT2D eigenvalue weighted by atomic mass is 10.0. The zero-order chi connectivity index (χ0) is 13.6. The molecule has 1 aliphatic rings. The quantitative estimate of drug-likeness (QED) is 0.840. The average Bonchev–Trinajstić information content (AvgIpc) is 2.55. The highest BCUT2D eigenvalue weighted by atomic mass is 16.5. The third kappa shape index (κ3) is 3.28. The van der Waals surface area contributed by atoms with Gasteiger partial charge in [0.25, 0.3) is 0 Å². The van der Waals surface area contributed by atoms with Crippen LogP contribution in [0, 0.1) is 0 Å². The zero-order valence-electron chi connectivity index (χ0n) is 11.5. The SMILES string of the molecule is C(=C\N1CCOCC1)/c1ccc(-c2ccccc2)cc1. The molecule has 0 aliphatic carbocycles. The van der Waals surface area contributed by atoms with Crippen LogP contribution in [0.15, 0.2) is 60.8 Å². The molecular weight excluding hydrogens is 246 g/mol. The highest BCUT2D eigenvalue weighted by molar-refractivity contribution is 5.65. The molecule has 0 N–H and O–H groups in total. The van der Waals surface area contributed by atoms with E-state index in [0.29, 0.717) is 0 Å². The first kappa shape index (κ1) is 12.9. The van der Waals surface area contributed by atoms with Gasteiger partial charge in [0.2, 0.25) is 0 Å². The standard InChI is InChI=1S/C18H19NO/c1-2-4-17(5-3-1)18-8-6-16(7-9-18)10-11-19-12-14-20-15-13-19/h1-11H,12-15H2/b11-10+. The van der Waals surface area contributed by atoms with Gasteiger partial charge in [-0.3, -0.25) is 0 Å². The molecule has 0 amide bonds. The van der Waals surface area contributed by atoms with Gasteiger partial charge in [0.05, 0.1) is 13.2 Å². The number of hydrogen-bond donors (Lipinski definition) is 0. The summed E-state index contributed by atoms with van der Waals surface area (Å²) >= 11 is 0. The number of rotatable bonds is 3. The fourth-order valence-corrected chi connectivity index (χ4v) is 2.34. The van der Waals surface area contributed by atoms with E-state index >= 15 is 0 Å². The summed E-state index contributed by atoms with van der Waals surface area (Å²) in [6.45, 7) is 3.63. The van der Waals surface area contributed by atoms with Crippen LogP contribution in [0.25, 0.3) is 17.2 Å². The summed E-state index contributed by atoms with van der Waals surface area (Å²) in [5, 5.41) is 0. The highest BCUT2D eigenvalue weighted by Gasteiger charge is 2.04. The number of morpholine rings is 1. The minimum absolute atomic E-state index is 0.831. The molecular formula is C18H19NO. The highest BCUT2D eigenvalue weighted by Crippen LogP contribution is 2.19. The van der Waals surface area contributed by atoms with E-state index in [0.717, 1.165) is 26.3 Å². The summed E-state index contributed by atoms with van der Waals surface area (Å²) in [6.07, 6.45) is 4.33. The van der Waals surface area contributed by atoms with Crippen LogP contribution in [0.1, 0.15) is 5.56 Å². The largest absolute Gasteiger partial charge is 0.378 e. The molecule has 0 aromatic heterocycles. The van der Waals surface area contributed by atoms with Gasteiger partial charge in [-0.1, -0.05) is 54.6 Å². The first-order valence-electron chi connectivity index (χ1n) is 7.07. The van der Waals surface area contributed by atoms with E-state index in [2.05, 4.69) is 65.7 Å². The van der Waals surface area contributed by atoms with Crippen LogP contribution in [-0.4, -0.2) is 31.2 Å². The molecule has 0 saturated carbocycles. The monoisotopic (exact) mass is 265 g/mol. The number of hydrogen-bond acceptors (Lipinski definition) is 2. The van der Waals surface area contributed by atoms with Crippen molar-refractivity contribution < 1.29 is 4.74 Å². The van der Waals surface area contributed by atoms with Crippen LogP contribution in [0.3, 0.4) is 0 Å². The summed E-state index contributed by atoms with van der Waals surface area (Å²) in [5.41, 5.74) is 3.75. The molecule has 1 saturated heterocycles. The van der Waals surface area contributed by atoms with E-state index in [-0.39, 0.29) is 0 Å². The van der Waals surface area contributed by atoms with E-state index in [4.69, 9.17) is 4.74 Å². The van der Waals surface area contributed by atoms with Gasteiger partial charge in [-0.2, -0.15) is 0 Å². The normalized spacial score (nSPS) is 15.7. The molecule has 0 radical (unpaired) electrons. The van der Waals surface area contributed by atoms with Crippen LogP contribution in [0.2, 0.25) is 0 Å². The number of ether oxygens (including phenoxy) is 1. The number of benzene rings is 2. The van der Waals surface area contributed by atoms with Crippen molar-refractivity contribution in [3.8, 4) is 11.1 Å². The van der Waals surface area contributed by atoms with Crippen LogP contribution in [0.4, 0.5) is 0 Å². The third-order valence-electron chi connectivity index (χ3n) is 3.54. The second-order valence-corrected chi connectivity index (χ2v) is 4.95. The molecule has 0 spiro atoms. The van der Waals surface area contributed by atoms with Crippen molar-refractivity contribution in [1.82, 2.24) is 4.90 Å². The lowest BCUT2D eigenvalue weighted by molar-refractivity contribution is 0.0597. The third-order valence-corrected chi connectivity index (χ3v) is 3.54. The van der Waals surface area contributed by atoms with Gasteiger partial charge in [-0.15, -0.1) is 0 Å². The Hall–Kier alpha value is -2.06. The predicted molar refractivity (Wildman–Crippen MR) is 83.3 cm³/mol. The molecule has 0 atom stereocenters. The number of nitrogens with zero attached hydrogens (tertiary/aromatic N) is 1. The second-order valence-electron chi connectivity index (χ2n) is 4.95. The molecule has 2 aromatic rings. The Morgan fingerprint density at radius 2 is 1.45 bits per heavy atom. The van der Waals surface area contributed by atoms with Gasteiger partial charge < -0.3 is 9.64 Å². The lowest BCUT2D eigenvalue weighted by Gasteiger charge is -2.24. The fraction of sp³-hybridized carbons (Fsp3) is 0.222. The van der Waals surface area contributed by atoms with Crippen molar-refractivity contribution in [1.29, 1.82) is 0 Å². The van der Waals surface area contributed by atoms with Crippen molar-refractivity contribution >= 4 is 6.08 Å². The van der Waals surface area contributed by atoms with Gasteiger partial charge in [-0.25, -0.2) is 0 Å². The summed E-state index contributed by atoms with van der Waals surface area (Å²) in [4.78, 5) is 2.30. The van der Waals surface area contributed by atoms with Gasteiger partial charge in [0, 0.05) is 13.1 Å². The van der Waals surface area contributed by atoms with Crippen LogP contribution in [-0.2, 0) is 4.74 Å². The second kappa shape index (κ2) is 6.40. The van der Waals surface area contributed by atoms with Crippen molar-refractivity contribution in [3.05, 3.63) is 66.4 Å². The Labute approximate surface area is 120 Å². The fourth-order valence-electron chi connectivity index (χ4n) is 2.34. The van der Waals surface area contributed by atoms with Gasteiger partial charge in [0.1, 0.15) is 0 Å². The van der Waals surface area contributed by atoms with Crippen LogP contribution in [0.5, 0.6) is 0 Å².